The van der Waals surface area contributed by atoms with Gasteiger partial charge in [0.15, 0.2) is 0 Å². The quantitative estimate of drug-likeness (QED) is 0.402. The van der Waals surface area contributed by atoms with E-state index in [9.17, 15) is 9.59 Å². The van der Waals surface area contributed by atoms with E-state index in [2.05, 4.69) is 4.74 Å². The summed E-state index contributed by atoms with van der Waals surface area (Å²) in [6.45, 7) is 2.33. The Labute approximate surface area is 64.3 Å². The number of ether oxygens (including phenoxy) is 1. The zero-order valence-corrected chi connectivity index (χ0v) is 6.67. The molecule has 2 N–H and O–H groups in total. The molecule has 5 nitrogen and oxygen atoms in total. The number of nitrogens with one attached hydrogen (secondary N) is 1. The van der Waals surface area contributed by atoms with Crippen LogP contribution in [0.25, 0.3) is 0 Å². The lowest BCUT2D eigenvalue weighted by molar-refractivity contribution is -0.166. The number of carbonyl (C=O) groups is 2. The second-order valence-corrected chi connectivity index (χ2v) is 2.24. The van der Waals surface area contributed by atoms with E-state index < -0.39 is 17.6 Å². The van der Waals surface area contributed by atoms with Gasteiger partial charge in [-0.3, -0.25) is 4.79 Å². The van der Waals surface area contributed by atoms with Gasteiger partial charge in [0.25, 0.3) is 0 Å². The van der Waals surface area contributed by atoms with Crippen LogP contribution in [0.2, 0.25) is 0 Å². The fraction of sp³-hybridized carbons (Fsp3) is 0.667. The van der Waals surface area contributed by atoms with E-state index >= 15 is 0 Å². The molecular weight excluding hydrogens is 150 g/mol. The van der Waals surface area contributed by atoms with Crippen molar-refractivity contribution >= 4 is 11.9 Å². The molecule has 0 aliphatic rings. The van der Waals surface area contributed by atoms with Crippen LogP contribution in [0.4, 0.5) is 0 Å². The molecule has 64 valence electrons. The highest BCUT2D eigenvalue weighted by molar-refractivity contribution is 5.84. The number of rotatable bonds is 2. The van der Waals surface area contributed by atoms with Gasteiger partial charge in [-0.2, -0.15) is 0 Å². The minimum Gasteiger partial charge on any atom is -0.465 e. The molecular formula is C6H11NO4. The average Bonchev–Trinajstić information content (AvgIpc) is 1.83. The summed E-state index contributed by atoms with van der Waals surface area (Å²) in [5.74, 6) is -1.40. The number of esters is 1. The average molecular weight is 161 g/mol. The molecule has 5 heteroatoms. The van der Waals surface area contributed by atoms with Crippen LogP contribution in [-0.2, 0) is 14.3 Å². The van der Waals surface area contributed by atoms with E-state index in [1.54, 1.807) is 0 Å². The summed E-state index contributed by atoms with van der Waals surface area (Å²) in [6, 6.07) is 0. The number of aliphatic hydroxyl groups is 1. The van der Waals surface area contributed by atoms with Gasteiger partial charge < -0.3 is 15.2 Å². The van der Waals surface area contributed by atoms with E-state index in [1.807, 2.05) is 5.32 Å². The van der Waals surface area contributed by atoms with Gasteiger partial charge in [-0.25, -0.2) is 4.79 Å². The van der Waals surface area contributed by atoms with Crippen LogP contribution in [0, 0.1) is 0 Å². The first-order chi connectivity index (χ1) is 4.90. The summed E-state index contributed by atoms with van der Waals surface area (Å²) >= 11 is 0. The molecule has 0 saturated heterocycles. The number of hydrogen-bond acceptors (Lipinski definition) is 4. The summed E-state index contributed by atoms with van der Waals surface area (Å²) in [4.78, 5) is 21.1. The highest BCUT2D eigenvalue weighted by Crippen LogP contribution is 1.99. The lowest BCUT2D eigenvalue weighted by atomic mass is 10.2. The first kappa shape index (κ1) is 9.90. The van der Waals surface area contributed by atoms with Crippen LogP contribution in [0.3, 0.4) is 0 Å². The zero-order chi connectivity index (χ0) is 9.07. The first-order valence-electron chi connectivity index (χ1n) is 2.99. The molecule has 0 aliphatic heterocycles. The predicted molar refractivity (Wildman–Crippen MR) is 36.5 cm³/mol. The minimum absolute atomic E-state index is 0.500. The minimum atomic E-state index is -1.93. The maximum atomic E-state index is 10.7. The Kier molecular flexibility index (Phi) is 3.00. The molecule has 0 bridgehead atoms. The van der Waals surface area contributed by atoms with Gasteiger partial charge in [-0.15, -0.1) is 0 Å². The molecule has 0 aromatic heterocycles. The van der Waals surface area contributed by atoms with Crippen LogP contribution >= 0.6 is 0 Å². The molecule has 1 amide bonds. The SMILES string of the molecule is COC(=O)C(C)(O)NC(C)=O. The second kappa shape index (κ2) is 3.34. The van der Waals surface area contributed by atoms with E-state index in [-0.39, 0.29) is 0 Å². The van der Waals surface area contributed by atoms with Crippen LogP contribution in [-0.4, -0.2) is 29.8 Å². The van der Waals surface area contributed by atoms with Crippen molar-refractivity contribution in [2.75, 3.05) is 7.11 Å². The van der Waals surface area contributed by atoms with E-state index in [1.165, 1.54) is 6.92 Å². The standard InChI is InChI=1S/C6H11NO4/c1-4(8)7-6(2,10)5(9)11-3/h10H,1-3H3,(H,7,8). The molecule has 0 heterocycles. The van der Waals surface area contributed by atoms with Crippen molar-refractivity contribution in [1.82, 2.24) is 5.32 Å². The smallest absolute Gasteiger partial charge is 0.359 e. The summed E-state index contributed by atoms with van der Waals surface area (Å²) in [5.41, 5.74) is -1.93. The largest absolute Gasteiger partial charge is 0.465 e. The monoisotopic (exact) mass is 161 g/mol. The maximum absolute atomic E-state index is 10.7. The van der Waals surface area contributed by atoms with Crippen LogP contribution in [0.15, 0.2) is 0 Å². The van der Waals surface area contributed by atoms with Crippen molar-refractivity contribution in [3.63, 3.8) is 0 Å². The van der Waals surface area contributed by atoms with Gasteiger partial charge in [-0.05, 0) is 6.92 Å². The van der Waals surface area contributed by atoms with Crippen molar-refractivity contribution < 1.29 is 19.4 Å². The van der Waals surface area contributed by atoms with Crippen molar-refractivity contribution in [3.05, 3.63) is 0 Å². The fourth-order valence-corrected chi connectivity index (χ4v) is 0.593. The molecule has 0 aromatic carbocycles. The van der Waals surface area contributed by atoms with Gasteiger partial charge >= 0.3 is 5.97 Å². The Morgan fingerprint density at radius 2 is 2.00 bits per heavy atom. The lowest BCUT2D eigenvalue weighted by Gasteiger charge is -2.20. The summed E-state index contributed by atoms with van der Waals surface area (Å²) < 4.78 is 4.21. The number of hydrogen-bond donors (Lipinski definition) is 2. The van der Waals surface area contributed by atoms with Crippen molar-refractivity contribution in [3.8, 4) is 0 Å². The fourth-order valence-electron chi connectivity index (χ4n) is 0.593. The van der Waals surface area contributed by atoms with Crippen LogP contribution in [0.5, 0.6) is 0 Å². The van der Waals surface area contributed by atoms with Crippen LogP contribution < -0.4 is 5.32 Å². The summed E-state index contributed by atoms with van der Waals surface area (Å²) in [7, 11) is 1.12. The van der Waals surface area contributed by atoms with E-state index in [0.717, 1.165) is 14.0 Å². The molecule has 1 atom stereocenters. The first-order valence-corrected chi connectivity index (χ1v) is 2.99. The van der Waals surface area contributed by atoms with E-state index in [0.29, 0.717) is 0 Å². The third kappa shape index (κ3) is 2.99. The Morgan fingerprint density at radius 1 is 1.55 bits per heavy atom. The topological polar surface area (TPSA) is 75.6 Å². The van der Waals surface area contributed by atoms with Gasteiger partial charge in [0, 0.05) is 6.92 Å². The highest BCUT2D eigenvalue weighted by Gasteiger charge is 2.31. The molecule has 0 saturated carbocycles. The third-order valence-corrected chi connectivity index (χ3v) is 1.00. The normalized spacial score (nSPS) is 14.9. The number of methoxy groups -OCH3 is 1. The van der Waals surface area contributed by atoms with Gasteiger partial charge in [-0.1, -0.05) is 0 Å². The Morgan fingerprint density at radius 3 is 2.27 bits per heavy atom. The molecule has 0 spiro atoms. The van der Waals surface area contributed by atoms with Crippen molar-refractivity contribution in [2.45, 2.75) is 19.6 Å². The molecule has 0 rings (SSSR count). The van der Waals surface area contributed by atoms with E-state index in [4.69, 9.17) is 5.11 Å². The van der Waals surface area contributed by atoms with Crippen molar-refractivity contribution in [1.29, 1.82) is 0 Å². The Bertz CT molecular complexity index is 175. The van der Waals surface area contributed by atoms with Crippen molar-refractivity contribution in [2.24, 2.45) is 0 Å². The molecule has 0 radical (unpaired) electrons. The third-order valence-electron chi connectivity index (χ3n) is 1.00. The summed E-state index contributed by atoms with van der Waals surface area (Å²) in [6.07, 6.45) is 0. The predicted octanol–water partition coefficient (Wildman–Crippen LogP) is -0.996. The Hall–Kier alpha value is -1.10. The maximum Gasteiger partial charge on any atom is 0.359 e. The molecule has 0 fully saturated rings. The molecule has 11 heavy (non-hydrogen) atoms. The number of carbonyl (C=O) groups excluding carboxylic acids is 2. The number of amides is 1. The van der Waals surface area contributed by atoms with Crippen LogP contribution in [0.1, 0.15) is 13.8 Å². The molecule has 0 aliphatic carbocycles. The molecule has 1 unspecified atom stereocenters. The highest BCUT2D eigenvalue weighted by atomic mass is 16.5. The van der Waals surface area contributed by atoms with Gasteiger partial charge in [0.1, 0.15) is 0 Å². The summed E-state index contributed by atoms with van der Waals surface area (Å²) in [5, 5.41) is 11.2. The lowest BCUT2D eigenvalue weighted by Crippen LogP contribution is -2.51. The van der Waals surface area contributed by atoms with Gasteiger partial charge in [0.05, 0.1) is 7.11 Å². The Balaban J connectivity index is 4.21. The second-order valence-electron chi connectivity index (χ2n) is 2.24. The molecule has 0 aromatic rings. The van der Waals surface area contributed by atoms with Gasteiger partial charge in [0.2, 0.25) is 11.6 Å². The zero-order valence-electron chi connectivity index (χ0n) is 6.67.